The molecule has 1 fully saturated rings. The summed E-state index contributed by atoms with van der Waals surface area (Å²) in [6.07, 6.45) is 5.80. The summed E-state index contributed by atoms with van der Waals surface area (Å²) in [5.74, 6) is -1.49. The summed E-state index contributed by atoms with van der Waals surface area (Å²) in [6.45, 7) is 5.91. The predicted molar refractivity (Wildman–Crippen MR) is 129 cm³/mol. The first-order valence-corrected chi connectivity index (χ1v) is 12.4. The summed E-state index contributed by atoms with van der Waals surface area (Å²) in [7, 11) is 0. The van der Waals surface area contributed by atoms with Gasteiger partial charge in [0.1, 0.15) is 6.04 Å². The maximum atomic E-state index is 13.3. The molecular formula is C25H32BrN3O4. The van der Waals surface area contributed by atoms with Crippen LogP contribution in [0, 0.1) is 11.8 Å². The van der Waals surface area contributed by atoms with Crippen molar-refractivity contribution in [2.75, 3.05) is 6.54 Å². The minimum Gasteiger partial charge on any atom is -0.352 e. The van der Waals surface area contributed by atoms with Crippen molar-refractivity contribution in [3.8, 4) is 0 Å². The van der Waals surface area contributed by atoms with Crippen molar-refractivity contribution in [1.29, 1.82) is 0 Å². The van der Waals surface area contributed by atoms with Crippen molar-refractivity contribution in [3.63, 3.8) is 0 Å². The molecule has 1 heterocycles. The number of halogens is 1. The Kier molecular flexibility index (Phi) is 8.46. The number of carbonyl (C=O) groups excluding carboxylic acids is 4. The van der Waals surface area contributed by atoms with Crippen LogP contribution in [0.1, 0.15) is 52.0 Å². The van der Waals surface area contributed by atoms with E-state index in [0.29, 0.717) is 12.8 Å². The number of likely N-dealkylation sites (tertiary alicyclic amines) is 1. The van der Waals surface area contributed by atoms with Gasteiger partial charge < -0.3 is 10.2 Å². The van der Waals surface area contributed by atoms with Crippen LogP contribution in [-0.4, -0.2) is 52.1 Å². The maximum Gasteiger partial charge on any atom is 0.242 e. The number of amides is 4. The van der Waals surface area contributed by atoms with E-state index in [1.54, 1.807) is 6.92 Å². The highest BCUT2D eigenvalue weighted by Crippen LogP contribution is 2.35. The Bertz CT molecular complexity index is 921. The second-order valence-electron chi connectivity index (χ2n) is 8.88. The van der Waals surface area contributed by atoms with Crippen LogP contribution < -0.4 is 5.32 Å². The fraction of sp³-hybridized carbons (Fsp3) is 0.520. The average Bonchev–Trinajstić information content (AvgIpc) is 3.05. The Morgan fingerprint density at radius 2 is 1.79 bits per heavy atom. The van der Waals surface area contributed by atoms with Crippen molar-refractivity contribution in [2.45, 2.75) is 65.1 Å². The van der Waals surface area contributed by atoms with E-state index in [-0.39, 0.29) is 61.0 Å². The summed E-state index contributed by atoms with van der Waals surface area (Å²) >= 11 is 3.45. The first-order chi connectivity index (χ1) is 15.7. The normalized spacial score (nSPS) is 21.5. The van der Waals surface area contributed by atoms with E-state index < -0.39 is 6.04 Å². The highest BCUT2D eigenvalue weighted by molar-refractivity contribution is 9.10. The molecule has 4 amide bonds. The van der Waals surface area contributed by atoms with Gasteiger partial charge in [-0.1, -0.05) is 47.1 Å². The third kappa shape index (κ3) is 5.91. The Labute approximate surface area is 203 Å². The first-order valence-electron chi connectivity index (χ1n) is 11.6. The minimum atomic E-state index is -0.692. The van der Waals surface area contributed by atoms with Crippen LogP contribution in [0.25, 0.3) is 0 Å². The van der Waals surface area contributed by atoms with Crippen molar-refractivity contribution < 1.29 is 19.2 Å². The molecule has 8 heteroatoms. The molecule has 1 N–H and O–H groups in total. The van der Waals surface area contributed by atoms with Gasteiger partial charge in [-0.2, -0.15) is 0 Å². The minimum absolute atomic E-state index is 0.000399. The van der Waals surface area contributed by atoms with E-state index in [0.717, 1.165) is 16.5 Å². The number of carbonyl (C=O) groups is 4. The molecule has 0 spiro atoms. The SMILES string of the molecule is CC[C@H](C)NC(=O)[C@@H](C)N(Cc1cccc(Br)c1)C(=O)CCN1C(=O)[C@H]2CC=CC[C@H]2C1=O. The number of benzene rings is 1. The smallest absolute Gasteiger partial charge is 0.242 e. The third-order valence-corrected chi connectivity index (χ3v) is 7.05. The molecule has 1 aliphatic carbocycles. The van der Waals surface area contributed by atoms with Gasteiger partial charge in [-0.25, -0.2) is 0 Å². The zero-order valence-corrected chi connectivity index (χ0v) is 21.0. The summed E-state index contributed by atoms with van der Waals surface area (Å²) < 4.78 is 0.883. The number of allylic oxidation sites excluding steroid dienone is 2. The van der Waals surface area contributed by atoms with E-state index in [1.807, 2.05) is 50.3 Å². The molecule has 2 aliphatic rings. The first kappa shape index (κ1) is 25.1. The van der Waals surface area contributed by atoms with Gasteiger partial charge in [-0.15, -0.1) is 0 Å². The van der Waals surface area contributed by atoms with Crippen LogP contribution in [0.4, 0.5) is 0 Å². The lowest BCUT2D eigenvalue weighted by Crippen LogP contribution is -2.50. The largest absolute Gasteiger partial charge is 0.352 e. The second-order valence-corrected chi connectivity index (χ2v) is 9.80. The Morgan fingerprint density at radius 3 is 2.36 bits per heavy atom. The molecule has 1 aromatic rings. The summed E-state index contributed by atoms with van der Waals surface area (Å²) in [4.78, 5) is 54.3. The zero-order valence-electron chi connectivity index (χ0n) is 19.4. The number of nitrogens with zero attached hydrogens (tertiary/aromatic N) is 2. The highest BCUT2D eigenvalue weighted by atomic mass is 79.9. The molecule has 0 unspecified atom stereocenters. The molecule has 1 aliphatic heterocycles. The number of imide groups is 1. The number of hydrogen-bond donors (Lipinski definition) is 1. The van der Waals surface area contributed by atoms with Crippen molar-refractivity contribution in [2.24, 2.45) is 11.8 Å². The van der Waals surface area contributed by atoms with E-state index >= 15 is 0 Å². The molecule has 0 saturated carbocycles. The number of nitrogens with one attached hydrogen (secondary N) is 1. The number of hydrogen-bond acceptors (Lipinski definition) is 4. The number of rotatable bonds is 9. The summed E-state index contributed by atoms with van der Waals surface area (Å²) in [5.41, 5.74) is 0.881. The fourth-order valence-corrected chi connectivity index (χ4v) is 4.77. The van der Waals surface area contributed by atoms with Crippen molar-refractivity contribution in [1.82, 2.24) is 15.1 Å². The standard InChI is InChI=1S/C25H32BrN3O4/c1-4-16(2)27-23(31)17(3)29(15-18-8-7-9-19(26)14-18)22(30)12-13-28-24(32)20-10-5-6-11-21(20)25(28)33/h5-9,14,16-17,20-21H,4,10-13,15H2,1-3H3,(H,27,31)/t16-,17+,20-,21+/m0/s1. The van der Waals surface area contributed by atoms with Gasteiger partial charge in [-0.05, 0) is 50.8 Å². The third-order valence-electron chi connectivity index (χ3n) is 6.56. The lowest BCUT2D eigenvalue weighted by Gasteiger charge is -2.30. The molecule has 0 radical (unpaired) electrons. The van der Waals surface area contributed by atoms with E-state index in [2.05, 4.69) is 21.2 Å². The zero-order chi connectivity index (χ0) is 24.1. The second kappa shape index (κ2) is 11.1. The molecule has 1 saturated heterocycles. The van der Waals surface area contributed by atoms with Crippen LogP contribution >= 0.6 is 15.9 Å². The van der Waals surface area contributed by atoms with E-state index in [4.69, 9.17) is 0 Å². The lowest BCUT2D eigenvalue weighted by molar-refractivity contribution is -0.143. The van der Waals surface area contributed by atoms with Crippen LogP contribution in [-0.2, 0) is 25.7 Å². The van der Waals surface area contributed by atoms with Crippen LogP contribution in [0.3, 0.4) is 0 Å². The van der Waals surface area contributed by atoms with Gasteiger partial charge in [0.15, 0.2) is 0 Å². The topological polar surface area (TPSA) is 86.8 Å². The predicted octanol–water partition coefficient (Wildman–Crippen LogP) is 3.42. The Morgan fingerprint density at radius 1 is 1.15 bits per heavy atom. The van der Waals surface area contributed by atoms with Crippen LogP contribution in [0.5, 0.6) is 0 Å². The Balaban J connectivity index is 1.72. The van der Waals surface area contributed by atoms with Crippen molar-refractivity contribution >= 4 is 39.6 Å². The molecule has 0 aromatic heterocycles. The molecule has 1 aromatic carbocycles. The lowest BCUT2D eigenvalue weighted by atomic mass is 9.85. The van der Waals surface area contributed by atoms with Crippen LogP contribution in [0.15, 0.2) is 40.9 Å². The average molecular weight is 518 g/mol. The molecule has 0 bridgehead atoms. The molecular weight excluding hydrogens is 486 g/mol. The van der Waals surface area contributed by atoms with E-state index in [1.165, 1.54) is 9.80 Å². The fourth-order valence-electron chi connectivity index (χ4n) is 4.32. The van der Waals surface area contributed by atoms with Crippen molar-refractivity contribution in [3.05, 3.63) is 46.5 Å². The van der Waals surface area contributed by atoms with Gasteiger partial charge in [0.2, 0.25) is 23.6 Å². The molecule has 33 heavy (non-hydrogen) atoms. The monoisotopic (exact) mass is 517 g/mol. The van der Waals surface area contributed by atoms with Gasteiger partial charge >= 0.3 is 0 Å². The quantitative estimate of drug-likeness (QED) is 0.401. The van der Waals surface area contributed by atoms with Gasteiger partial charge in [0.25, 0.3) is 0 Å². The molecule has 3 rings (SSSR count). The highest BCUT2D eigenvalue weighted by Gasteiger charge is 2.47. The number of fused-ring (bicyclic) bond motifs is 1. The summed E-state index contributed by atoms with van der Waals surface area (Å²) in [6, 6.07) is 6.89. The summed E-state index contributed by atoms with van der Waals surface area (Å²) in [5, 5.41) is 2.94. The Hall–Kier alpha value is -2.48. The maximum absolute atomic E-state index is 13.3. The van der Waals surface area contributed by atoms with Gasteiger partial charge in [0.05, 0.1) is 11.8 Å². The van der Waals surface area contributed by atoms with Gasteiger partial charge in [0, 0.05) is 30.0 Å². The molecule has 7 nitrogen and oxygen atoms in total. The van der Waals surface area contributed by atoms with E-state index in [9.17, 15) is 19.2 Å². The molecule has 178 valence electrons. The molecule has 4 atom stereocenters. The van der Waals surface area contributed by atoms with Crippen LogP contribution in [0.2, 0.25) is 0 Å². The van der Waals surface area contributed by atoms with Gasteiger partial charge in [-0.3, -0.25) is 24.1 Å².